The second kappa shape index (κ2) is 11.0. The highest BCUT2D eigenvalue weighted by molar-refractivity contribution is 5.78. The van der Waals surface area contributed by atoms with Crippen LogP contribution in [0.25, 0.3) is 0 Å². The molecule has 172 valence electrons. The molecule has 1 aliphatic rings. The normalized spacial score (nSPS) is 14.3. The van der Waals surface area contributed by atoms with E-state index in [0.717, 1.165) is 56.4 Å². The molecule has 3 aromatic rings. The van der Waals surface area contributed by atoms with E-state index in [1.807, 2.05) is 12.3 Å². The molecule has 0 saturated carbocycles. The van der Waals surface area contributed by atoms with Crippen molar-refractivity contribution in [2.24, 2.45) is 0 Å². The molecule has 2 aromatic carbocycles. The Balaban J connectivity index is 1.20. The molecule has 0 unspecified atom stereocenters. The van der Waals surface area contributed by atoms with Crippen LogP contribution < -0.4 is 10.2 Å². The van der Waals surface area contributed by atoms with Crippen molar-refractivity contribution in [2.75, 3.05) is 44.2 Å². The van der Waals surface area contributed by atoms with Gasteiger partial charge < -0.3 is 10.2 Å². The van der Waals surface area contributed by atoms with E-state index in [-0.39, 0.29) is 18.1 Å². The second-order valence-corrected chi connectivity index (χ2v) is 8.48. The lowest BCUT2D eigenvalue weighted by Gasteiger charge is -2.35. The number of anilines is 1. The SMILES string of the molecule is Cc1ccc(Cc2nccc(N3CCN(CCNC(=O)Cc4ccc(F)cc4)CC3)n2)cc1. The summed E-state index contributed by atoms with van der Waals surface area (Å²) in [6.07, 6.45) is 2.84. The summed E-state index contributed by atoms with van der Waals surface area (Å²) in [4.78, 5) is 26.0. The highest BCUT2D eigenvalue weighted by atomic mass is 19.1. The number of carbonyl (C=O) groups is 1. The average molecular weight is 448 g/mol. The smallest absolute Gasteiger partial charge is 0.224 e. The third kappa shape index (κ3) is 6.83. The molecule has 1 N–H and O–H groups in total. The fourth-order valence-corrected chi connectivity index (χ4v) is 3.94. The fourth-order valence-electron chi connectivity index (χ4n) is 3.94. The Bertz CT molecular complexity index is 1050. The van der Waals surface area contributed by atoms with Crippen LogP contribution >= 0.6 is 0 Å². The van der Waals surface area contributed by atoms with Gasteiger partial charge in [-0.05, 0) is 36.2 Å². The zero-order chi connectivity index (χ0) is 23.0. The van der Waals surface area contributed by atoms with Crippen LogP contribution in [-0.4, -0.2) is 60.0 Å². The van der Waals surface area contributed by atoms with Crippen molar-refractivity contribution in [3.8, 4) is 0 Å². The number of halogens is 1. The van der Waals surface area contributed by atoms with E-state index in [4.69, 9.17) is 4.98 Å². The number of hydrogen-bond acceptors (Lipinski definition) is 5. The Kier molecular flexibility index (Phi) is 7.62. The molecule has 1 amide bonds. The van der Waals surface area contributed by atoms with Gasteiger partial charge in [0.1, 0.15) is 17.5 Å². The van der Waals surface area contributed by atoms with Crippen LogP contribution in [0.15, 0.2) is 60.8 Å². The number of aryl methyl sites for hydroxylation is 1. The summed E-state index contributed by atoms with van der Waals surface area (Å²) in [6.45, 7) is 7.13. The molecule has 0 bridgehead atoms. The first-order valence-electron chi connectivity index (χ1n) is 11.4. The third-order valence-electron chi connectivity index (χ3n) is 5.90. The predicted molar refractivity (Wildman–Crippen MR) is 128 cm³/mol. The number of rotatable bonds is 8. The summed E-state index contributed by atoms with van der Waals surface area (Å²) in [5.41, 5.74) is 3.27. The second-order valence-electron chi connectivity index (χ2n) is 8.48. The van der Waals surface area contributed by atoms with Crippen molar-refractivity contribution in [3.05, 3.63) is 89.1 Å². The van der Waals surface area contributed by atoms with E-state index in [0.29, 0.717) is 6.54 Å². The Morgan fingerprint density at radius 3 is 2.39 bits per heavy atom. The zero-order valence-electron chi connectivity index (χ0n) is 19.0. The van der Waals surface area contributed by atoms with Gasteiger partial charge in [-0.15, -0.1) is 0 Å². The highest BCUT2D eigenvalue weighted by Crippen LogP contribution is 2.15. The Morgan fingerprint density at radius 1 is 0.970 bits per heavy atom. The number of aromatic nitrogens is 2. The van der Waals surface area contributed by atoms with Crippen LogP contribution in [0.3, 0.4) is 0 Å². The van der Waals surface area contributed by atoms with E-state index in [2.05, 4.69) is 51.3 Å². The summed E-state index contributed by atoms with van der Waals surface area (Å²) < 4.78 is 13.0. The molecule has 0 radical (unpaired) electrons. The quantitative estimate of drug-likeness (QED) is 0.575. The topological polar surface area (TPSA) is 61.4 Å². The van der Waals surface area contributed by atoms with Gasteiger partial charge in [0, 0.05) is 51.9 Å². The number of nitrogens with one attached hydrogen (secondary N) is 1. The number of hydrogen-bond donors (Lipinski definition) is 1. The molecule has 2 heterocycles. The third-order valence-corrected chi connectivity index (χ3v) is 5.90. The first-order valence-corrected chi connectivity index (χ1v) is 11.4. The van der Waals surface area contributed by atoms with Gasteiger partial charge in [-0.3, -0.25) is 9.69 Å². The molecule has 0 atom stereocenters. The Hall–Kier alpha value is -3.32. The minimum atomic E-state index is -0.289. The van der Waals surface area contributed by atoms with Gasteiger partial charge in [-0.25, -0.2) is 14.4 Å². The van der Waals surface area contributed by atoms with E-state index < -0.39 is 0 Å². The minimum Gasteiger partial charge on any atom is -0.355 e. The number of nitrogens with zero attached hydrogens (tertiary/aromatic N) is 4. The largest absolute Gasteiger partial charge is 0.355 e. The molecule has 1 aromatic heterocycles. The average Bonchev–Trinajstić information content (AvgIpc) is 2.83. The molecule has 1 aliphatic heterocycles. The van der Waals surface area contributed by atoms with E-state index in [1.165, 1.54) is 23.3 Å². The lowest BCUT2D eigenvalue weighted by atomic mass is 10.1. The molecule has 7 heteroatoms. The summed E-state index contributed by atoms with van der Waals surface area (Å²) in [5, 5.41) is 2.96. The van der Waals surface area contributed by atoms with Crippen LogP contribution in [0.1, 0.15) is 22.5 Å². The predicted octanol–water partition coefficient (Wildman–Crippen LogP) is 3.00. The number of carbonyl (C=O) groups excluding carboxylic acids is 1. The van der Waals surface area contributed by atoms with Gasteiger partial charge in [-0.2, -0.15) is 0 Å². The molecular formula is C26H30FN5O. The zero-order valence-corrected chi connectivity index (χ0v) is 19.0. The van der Waals surface area contributed by atoms with Crippen molar-refractivity contribution in [1.82, 2.24) is 20.2 Å². The van der Waals surface area contributed by atoms with Gasteiger partial charge in [0.25, 0.3) is 0 Å². The van der Waals surface area contributed by atoms with Crippen molar-refractivity contribution >= 4 is 11.7 Å². The summed E-state index contributed by atoms with van der Waals surface area (Å²) >= 11 is 0. The van der Waals surface area contributed by atoms with Crippen LogP contribution in [0, 0.1) is 12.7 Å². The van der Waals surface area contributed by atoms with Crippen molar-refractivity contribution in [2.45, 2.75) is 19.8 Å². The van der Waals surface area contributed by atoms with Crippen molar-refractivity contribution in [1.29, 1.82) is 0 Å². The molecule has 6 nitrogen and oxygen atoms in total. The first kappa shape index (κ1) is 22.9. The highest BCUT2D eigenvalue weighted by Gasteiger charge is 2.18. The number of piperazine rings is 1. The molecule has 4 rings (SSSR count). The van der Waals surface area contributed by atoms with Gasteiger partial charge >= 0.3 is 0 Å². The maximum Gasteiger partial charge on any atom is 0.224 e. The maximum absolute atomic E-state index is 13.0. The summed E-state index contributed by atoms with van der Waals surface area (Å²) in [7, 11) is 0. The molecule has 1 saturated heterocycles. The standard InChI is InChI=1S/C26H30FN5O/c1-20-2-4-21(5-3-20)18-24-28-11-10-25(30-24)32-16-14-31(15-17-32)13-12-29-26(33)19-22-6-8-23(27)9-7-22/h2-11H,12-19H2,1H3,(H,29,33). The molecule has 0 spiro atoms. The van der Waals surface area contributed by atoms with Crippen LogP contribution in [-0.2, 0) is 17.6 Å². The molecule has 1 fully saturated rings. The lowest BCUT2D eigenvalue weighted by molar-refractivity contribution is -0.120. The van der Waals surface area contributed by atoms with Crippen LogP contribution in [0.2, 0.25) is 0 Å². The number of amides is 1. The fraction of sp³-hybridized carbons (Fsp3) is 0.346. The Labute approximate surface area is 194 Å². The summed E-state index contributed by atoms with van der Waals surface area (Å²) in [6, 6.07) is 16.5. The van der Waals surface area contributed by atoms with Gasteiger partial charge in [0.15, 0.2) is 0 Å². The van der Waals surface area contributed by atoms with Crippen LogP contribution in [0.4, 0.5) is 10.2 Å². The van der Waals surface area contributed by atoms with E-state index >= 15 is 0 Å². The Morgan fingerprint density at radius 2 is 1.67 bits per heavy atom. The van der Waals surface area contributed by atoms with Crippen molar-refractivity contribution in [3.63, 3.8) is 0 Å². The summed E-state index contributed by atoms with van der Waals surface area (Å²) in [5.74, 6) is 1.48. The number of benzene rings is 2. The van der Waals surface area contributed by atoms with Gasteiger partial charge in [0.05, 0.1) is 6.42 Å². The van der Waals surface area contributed by atoms with Gasteiger partial charge in [-0.1, -0.05) is 42.0 Å². The van der Waals surface area contributed by atoms with E-state index in [9.17, 15) is 9.18 Å². The van der Waals surface area contributed by atoms with Crippen LogP contribution in [0.5, 0.6) is 0 Å². The lowest BCUT2D eigenvalue weighted by Crippen LogP contribution is -2.48. The molecule has 33 heavy (non-hydrogen) atoms. The maximum atomic E-state index is 13.0. The first-order chi connectivity index (χ1) is 16.0. The van der Waals surface area contributed by atoms with E-state index in [1.54, 1.807) is 12.1 Å². The monoisotopic (exact) mass is 447 g/mol. The van der Waals surface area contributed by atoms with Crippen molar-refractivity contribution < 1.29 is 9.18 Å². The van der Waals surface area contributed by atoms with Gasteiger partial charge in [0.2, 0.25) is 5.91 Å². The molecular weight excluding hydrogens is 417 g/mol. The minimum absolute atomic E-state index is 0.0395. The molecule has 0 aliphatic carbocycles.